The van der Waals surface area contributed by atoms with Gasteiger partial charge in [-0.25, -0.2) is 4.98 Å². The Kier molecular flexibility index (Phi) is 2.94. The molecule has 0 aliphatic carbocycles. The largest absolute Gasteiger partial charge is 0.351 e. The fourth-order valence-electron chi connectivity index (χ4n) is 2.51. The summed E-state index contributed by atoms with van der Waals surface area (Å²) < 4.78 is 1.08. The monoisotopic (exact) mass is 307 g/mol. The van der Waals surface area contributed by atoms with Gasteiger partial charge in [-0.15, -0.1) is 11.3 Å². The van der Waals surface area contributed by atoms with Crippen LogP contribution in [0.4, 0.5) is 5.69 Å². The van der Waals surface area contributed by atoms with Gasteiger partial charge >= 0.3 is 0 Å². The van der Waals surface area contributed by atoms with Crippen molar-refractivity contribution in [2.45, 2.75) is 6.92 Å². The predicted octanol–water partition coefficient (Wildman–Crippen LogP) is 4.34. The van der Waals surface area contributed by atoms with E-state index < -0.39 is 0 Å². The first-order chi connectivity index (χ1) is 10.7. The third kappa shape index (κ3) is 2.25. The summed E-state index contributed by atoms with van der Waals surface area (Å²) in [7, 11) is 0. The lowest BCUT2D eigenvalue weighted by molar-refractivity contribution is 0.102. The highest BCUT2D eigenvalue weighted by Crippen LogP contribution is 2.25. The molecule has 2 heterocycles. The van der Waals surface area contributed by atoms with Gasteiger partial charge in [0, 0.05) is 16.6 Å². The second kappa shape index (κ2) is 4.96. The van der Waals surface area contributed by atoms with Gasteiger partial charge in [0.1, 0.15) is 5.69 Å². The van der Waals surface area contributed by atoms with Crippen molar-refractivity contribution in [3.05, 3.63) is 59.2 Å². The van der Waals surface area contributed by atoms with Gasteiger partial charge < -0.3 is 10.3 Å². The van der Waals surface area contributed by atoms with Crippen molar-refractivity contribution in [1.29, 1.82) is 0 Å². The first kappa shape index (κ1) is 13.0. The van der Waals surface area contributed by atoms with Crippen LogP contribution in [-0.2, 0) is 0 Å². The van der Waals surface area contributed by atoms with Gasteiger partial charge in [-0.2, -0.15) is 0 Å². The van der Waals surface area contributed by atoms with Gasteiger partial charge in [-0.05, 0) is 37.3 Å². The number of thiazole rings is 1. The molecule has 4 aromatic rings. The van der Waals surface area contributed by atoms with Gasteiger partial charge in [0.05, 0.1) is 15.2 Å². The van der Waals surface area contributed by atoms with E-state index in [2.05, 4.69) is 15.3 Å². The Morgan fingerprint density at radius 1 is 1.18 bits per heavy atom. The van der Waals surface area contributed by atoms with Crippen molar-refractivity contribution in [3.63, 3.8) is 0 Å². The Balaban J connectivity index is 1.64. The van der Waals surface area contributed by atoms with Crippen LogP contribution in [0.5, 0.6) is 0 Å². The van der Waals surface area contributed by atoms with E-state index in [9.17, 15) is 4.79 Å². The molecule has 2 aromatic carbocycles. The van der Waals surface area contributed by atoms with E-state index in [1.807, 2.05) is 55.5 Å². The number of amides is 1. The van der Waals surface area contributed by atoms with Crippen LogP contribution in [-0.4, -0.2) is 15.9 Å². The summed E-state index contributed by atoms with van der Waals surface area (Å²) in [6, 6.07) is 15.5. The van der Waals surface area contributed by atoms with E-state index in [0.29, 0.717) is 5.69 Å². The zero-order valence-corrected chi connectivity index (χ0v) is 12.7. The van der Waals surface area contributed by atoms with E-state index in [-0.39, 0.29) is 5.91 Å². The minimum absolute atomic E-state index is 0.142. The number of H-pyrrole nitrogens is 1. The first-order valence-electron chi connectivity index (χ1n) is 6.95. The van der Waals surface area contributed by atoms with Gasteiger partial charge in [0.15, 0.2) is 0 Å². The molecule has 0 radical (unpaired) electrons. The third-order valence-corrected chi connectivity index (χ3v) is 4.46. The van der Waals surface area contributed by atoms with E-state index in [4.69, 9.17) is 0 Å². The molecule has 0 aliphatic rings. The third-order valence-electron chi connectivity index (χ3n) is 3.53. The topological polar surface area (TPSA) is 57.8 Å². The van der Waals surface area contributed by atoms with Crippen LogP contribution in [0.25, 0.3) is 21.1 Å². The number of aromatic amines is 1. The van der Waals surface area contributed by atoms with Gasteiger partial charge in [0.2, 0.25) is 0 Å². The molecule has 4 nitrogen and oxygen atoms in total. The number of hydrogen-bond acceptors (Lipinski definition) is 3. The van der Waals surface area contributed by atoms with Crippen LogP contribution in [0.2, 0.25) is 0 Å². The van der Waals surface area contributed by atoms with Crippen LogP contribution < -0.4 is 5.32 Å². The average Bonchev–Trinajstić information content (AvgIpc) is 3.08. The molecule has 108 valence electrons. The zero-order chi connectivity index (χ0) is 15.1. The molecule has 0 bridgehead atoms. The molecule has 0 unspecified atom stereocenters. The number of aryl methyl sites for hydroxylation is 1. The van der Waals surface area contributed by atoms with Gasteiger partial charge in [-0.3, -0.25) is 4.79 Å². The standard InChI is InChI=1S/C17H13N3OS/c1-10-18-14-7-6-12(9-16(14)22-10)19-17(21)15-8-11-4-2-3-5-13(11)20-15/h2-9,20H,1H3,(H,19,21). The molecule has 22 heavy (non-hydrogen) atoms. The molecule has 0 spiro atoms. The number of hydrogen-bond donors (Lipinski definition) is 2. The molecular formula is C17H13N3OS. The quantitative estimate of drug-likeness (QED) is 0.579. The van der Waals surface area contributed by atoms with E-state index in [1.165, 1.54) is 0 Å². The number of anilines is 1. The summed E-state index contributed by atoms with van der Waals surface area (Å²) >= 11 is 1.62. The summed E-state index contributed by atoms with van der Waals surface area (Å²) in [5.41, 5.74) is 3.26. The number of carbonyl (C=O) groups excluding carboxylic acids is 1. The Morgan fingerprint density at radius 3 is 2.91 bits per heavy atom. The van der Waals surface area contributed by atoms with Crippen molar-refractivity contribution >= 4 is 44.1 Å². The highest BCUT2D eigenvalue weighted by molar-refractivity contribution is 7.18. The SMILES string of the molecule is Cc1nc2ccc(NC(=O)c3cc4ccccc4[nH]3)cc2s1. The maximum absolute atomic E-state index is 12.4. The van der Waals surface area contributed by atoms with E-state index in [0.717, 1.165) is 31.8 Å². The lowest BCUT2D eigenvalue weighted by Gasteiger charge is -2.03. The predicted molar refractivity (Wildman–Crippen MR) is 90.6 cm³/mol. The molecule has 4 rings (SSSR count). The molecule has 1 amide bonds. The van der Waals surface area contributed by atoms with Gasteiger partial charge in [-0.1, -0.05) is 18.2 Å². The second-order valence-electron chi connectivity index (χ2n) is 5.14. The minimum Gasteiger partial charge on any atom is -0.351 e. The first-order valence-corrected chi connectivity index (χ1v) is 7.77. The molecular weight excluding hydrogens is 294 g/mol. The zero-order valence-electron chi connectivity index (χ0n) is 11.9. The minimum atomic E-state index is -0.142. The summed E-state index contributed by atoms with van der Waals surface area (Å²) in [5.74, 6) is -0.142. The fourth-order valence-corrected chi connectivity index (χ4v) is 3.38. The summed E-state index contributed by atoms with van der Waals surface area (Å²) in [5, 5.41) is 4.98. The Morgan fingerprint density at radius 2 is 2.05 bits per heavy atom. The van der Waals surface area contributed by atoms with E-state index in [1.54, 1.807) is 11.3 Å². The number of para-hydroxylation sites is 1. The second-order valence-corrected chi connectivity index (χ2v) is 6.37. The van der Waals surface area contributed by atoms with Gasteiger partial charge in [0.25, 0.3) is 5.91 Å². The molecule has 0 atom stereocenters. The Labute approximate surface area is 130 Å². The van der Waals surface area contributed by atoms with Crippen LogP contribution in [0.15, 0.2) is 48.5 Å². The van der Waals surface area contributed by atoms with Crippen LogP contribution >= 0.6 is 11.3 Å². The average molecular weight is 307 g/mol. The Hall–Kier alpha value is -2.66. The number of carbonyl (C=O) groups is 1. The lowest BCUT2D eigenvalue weighted by Crippen LogP contribution is -2.11. The van der Waals surface area contributed by atoms with Crippen molar-refractivity contribution in [2.75, 3.05) is 5.32 Å². The van der Waals surface area contributed by atoms with Crippen LogP contribution in [0.1, 0.15) is 15.5 Å². The van der Waals surface area contributed by atoms with Crippen molar-refractivity contribution in [1.82, 2.24) is 9.97 Å². The van der Waals surface area contributed by atoms with Crippen molar-refractivity contribution in [2.24, 2.45) is 0 Å². The molecule has 2 N–H and O–H groups in total. The van der Waals surface area contributed by atoms with Crippen molar-refractivity contribution in [3.8, 4) is 0 Å². The number of nitrogens with one attached hydrogen (secondary N) is 2. The molecule has 5 heteroatoms. The molecule has 0 saturated carbocycles. The molecule has 2 aromatic heterocycles. The van der Waals surface area contributed by atoms with E-state index >= 15 is 0 Å². The van der Waals surface area contributed by atoms with Crippen LogP contribution in [0.3, 0.4) is 0 Å². The van der Waals surface area contributed by atoms with Crippen LogP contribution in [0, 0.1) is 6.92 Å². The molecule has 0 saturated heterocycles. The normalized spacial score (nSPS) is 11.1. The number of rotatable bonds is 2. The summed E-state index contributed by atoms with van der Waals surface area (Å²) in [6.07, 6.45) is 0. The number of benzene rings is 2. The fraction of sp³-hybridized carbons (Fsp3) is 0.0588. The number of fused-ring (bicyclic) bond motifs is 2. The summed E-state index contributed by atoms with van der Waals surface area (Å²) in [4.78, 5) is 19.9. The lowest BCUT2D eigenvalue weighted by atomic mass is 10.2. The highest BCUT2D eigenvalue weighted by Gasteiger charge is 2.10. The highest BCUT2D eigenvalue weighted by atomic mass is 32.1. The Bertz CT molecular complexity index is 966. The molecule has 0 fully saturated rings. The smallest absolute Gasteiger partial charge is 0.272 e. The number of aromatic nitrogens is 2. The molecule has 0 aliphatic heterocycles. The summed E-state index contributed by atoms with van der Waals surface area (Å²) in [6.45, 7) is 1.98. The number of nitrogens with zero attached hydrogens (tertiary/aromatic N) is 1. The maximum atomic E-state index is 12.4. The van der Waals surface area contributed by atoms with Crippen molar-refractivity contribution < 1.29 is 4.79 Å². The maximum Gasteiger partial charge on any atom is 0.272 e.